The van der Waals surface area contributed by atoms with Crippen LogP contribution < -0.4 is 5.32 Å². The summed E-state index contributed by atoms with van der Waals surface area (Å²) in [5.74, 6) is 3.41. The normalized spacial score (nSPS) is 21.7. The minimum atomic E-state index is 0.448. The first-order chi connectivity index (χ1) is 7.36. The maximum Gasteiger partial charge on any atom is 0.0246 e. The highest BCUT2D eigenvalue weighted by Crippen LogP contribution is 2.37. The maximum absolute atomic E-state index is 5.42. The van der Waals surface area contributed by atoms with Gasteiger partial charge in [0.2, 0.25) is 0 Å². The van der Waals surface area contributed by atoms with Crippen LogP contribution >= 0.6 is 11.3 Å². The Morgan fingerprint density at radius 2 is 2.60 bits per heavy atom. The van der Waals surface area contributed by atoms with Crippen molar-refractivity contribution in [3.8, 4) is 12.3 Å². The predicted octanol–water partition coefficient (Wildman–Crippen LogP) is 2.78. The first kappa shape index (κ1) is 10.7. The summed E-state index contributed by atoms with van der Waals surface area (Å²) in [6, 6.07) is 2.73. The van der Waals surface area contributed by atoms with E-state index in [0.717, 1.165) is 6.42 Å². The lowest BCUT2D eigenvalue weighted by atomic mass is 9.81. The molecule has 0 bridgehead atoms. The fourth-order valence-corrected chi connectivity index (χ4v) is 3.51. The molecule has 0 spiro atoms. The SMILES string of the molecule is C#CCC(NC)C1CCCc2sccc21. The molecule has 0 radical (unpaired) electrons. The molecule has 1 nitrogen and oxygen atoms in total. The Balaban J connectivity index is 2.21. The minimum Gasteiger partial charge on any atom is -0.315 e. The van der Waals surface area contributed by atoms with Gasteiger partial charge in [0.15, 0.2) is 0 Å². The molecule has 1 aliphatic carbocycles. The highest BCUT2D eigenvalue weighted by atomic mass is 32.1. The van der Waals surface area contributed by atoms with Gasteiger partial charge in [0.05, 0.1) is 0 Å². The molecule has 2 heteroatoms. The smallest absolute Gasteiger partial charge is 0.0246 e. The third kappa shape index (κ3) is 2.09. The molecule has 0 aromatic carbocycles. The van der Waals surface area contributed by atoms with Gasteiger partial charge in [0.1, 0.15) is 0 Å². The number of terminal acetylenes is 1. The van der Waals surface area contributed by atoms with E-state index in [1.807, 2.05) is 18.4 Å². The second kappa shape index (κ2) is 4.83. The molecule has 0 saturated carbocycles. The third-order valence-electron chi connectivity index (χ3n) is 3.29. The fourth-order valence-electron chi connectivity index (χ4n) is 2.51. The van der Waals surface area contributed by atoms with E-state index in [0.29, 0.717) is 12.0 Å². The summed E-state index contributed by atoms with van der Waals surface area (Å²) in [5, 5.41) is 5.58. The molecule has 80 valence electrons. The van der Waals surface area contributed by atoms with Crippen molar-refractivity contribution < 1.29 is 0 Å². The van der Waals surface area contributed by atoms with Gasteiger partial charge in [-0.2, -0.15) is 0 Å². The van der Waals surface area contributed by atoms with Gasteiger partial charge in [-0.25, -0.2) is 0 Å². The molecule has 1 aliphatic rings. The van der Waals surface area contributed by atoms with E-state index in [9.17, 15) is 0 Å². The molecule has 1 N–H and O–H groups in total. The van der Waals surface area contributed by atoms with Crippen molar-refractivity contribution in [3.63, 3.8) is 0 Å². The summed E-state index contributed by atoms with van der Waals surface area (Å²) in [7, 11) is 2.02. The lowest BCUT2D eigenvalue weighted by Gasteiger charge is -2.29. The number of rotatable bonds is 3. The lowest BCUT2D eigenvalue weighted by molar-refractivity contribution is 0.422. The Kier molecular flexibility index (Phi) is 3.45. The molecule has 0 saturated heterocycles. The fraction of sp³-hybridized carbons (Fsp3) is 0.538. The van der Waals surface area contributed by atoms with Gasteiger partial charge in [-0.1, -0.05) is 0 Å². The summed E-state index contributed by atoms with van der Waals surface area (Å²) < 4.78 is 0. The van der Waals surface area contributed by atoms with Crippen LogP contribution in [0.15, 0.2) is 11.4 Å². The van der Waals surface area contributed by atoms with Crippen molar-refractivity contribution in [1.29, 1.82) is 0 Å². The monoisotopic (exact) mass is 219 g/mol. The Morgan fingerprint density at radius 1 is 1.73 bits per heavy atom. The molecular formula is C13H17NS. The van der Waals surface area contributed by atoms with Crippen LogP contribution in [-0.4, -0.2) is 13.1 Å². The minimum absolute atomic E-state index is 0.448. The van der Waals surface area contributed by atoms with Gasteiger partial charge < -0.3 is 5.32 Å². The van der Waals surface area contributed by atoms with E-state index in [1.54, 1.807) is 10.4 Å². The van der Waals surface area contributed by atoms with E-state index in [1.165, 1.54) is 19.3 Å². The van der Waals surface area contributed by atoms with Crippen LogP contribution in [0.1, 0.15) is 35.6 Å². The van der Waals surface area contributed by atoms with Gasteiger partial charge in [0.25, 0.3) is 0 Å². The molecule has 1 aromatic rings. The number of hydrogen-bond donors (Lipinski definition) is 1. The van der Waals surface area contributed by atoms with E-state index < -0.39 is 0 Å². The maximum atomic E-state index is 5.42. The van der Waals surface area contributed by atoms with E-state index >= 15 is 0 Å². The average molecular weight is 219 g/mol. The highest BCUT2D eigenvalue weighted by Gasteiger charge is 2.26. The number of fused-ring (bicyclic) bond motifs is 1. The van der Waals surface area contributed by atoms with E-state index in [-0.39, 0.29) is 0 Å². The van der Waals surface area contributed by atoms with Crippen LogP contribution in [0.2, 0.25) is 0 Å². The average Bonchev–Trinajstić information content (AvgIpc) is 2.73. The van der Waals surface area contributed by atoms with Crippen LogP contribution in [0.3, 0.4) is 0 Å². The van der Waals surface area contributed by atoms with Crippen molar-refractivity contribution in [2.24, 2.45) is 0 Å². The van der Waals surface area contributed by atoms with Gasteiger partial charge in [-0.15, -0.1) is 23.7 Å². The second-order valence-corrected chi connectivity index (χ2v) is 5.10. The van der Waals surface area contributed by atoms with Crippen LogP contribution in [0.4, 0.5) is 0 Å². The summed E-state index contributed by atoms with van der Waals surface area (Å²) in [5.41, 5.74) is 1.54. The van der Waals surface area contributed by atoms with Crippen molar-refractivity contribution in [1.82, 2.24) is 5.32 Å². The molecule has 0 amide bonds. The molecule has 15 heavy (non-hydrogen) atoms. The van der Waals surface area contributed by atoms with Gasteiger partial charge in [-0.05, 0) is 43.3 Å². The molecule has 1 heterocycles. The first-order valence-electron chi connectivity index (χ1n) is 5.53. The Morgan fingerprint density at radius 3 is 3.33 bits per heavy atom. The largest absolute Gasteiger partial charge is 0.315 e. The van der Waals surface area contributed by atoms with Gasteiger partial charge >= 0.3 is 0 Å². The summed E-state index contributed by atoms with van der Waals surface area (Å²) in [4.78, 5) is 1.57. The zero-order chi connectivity index (χ0) is 10.7. The van der Waals surface area contributed by atoms with E-state index in [2.05, 4.69) is 22.7 Å². The molecule has 1 aromatic heterocycles. The standard InChI is InChI=1S/C13H17NS/c1-3-5-12(14-2)10-6-4-7-13-11(10)8-9-15-13/h1,8-10,12,14H,4-7H2,2H3. The number of likely N-dealkylation sites (N-methyl/N-ethyl adjacent to an activating group) is 1. The van der Waals surface area contributed by atoms with Crippen molar-refractivity contribution in [2.45, 2.75) is 37.6 Å². The van der Waals surface area contributed by atoms with Gasteiger partial charge in [-0.3, -0.25) is 0 Å². The number of aryl methyl sites for hydroxylation is 1. The Bertz CT molecular complexity index is 361. The van der Waals surface area contributed by atoms with Crippen LogP contribution in [-0.2, 0) is 6.42 Å². The first-order valence-corrected chi connectivity index (χ1v) is 6.41. The summed E-state index contributed by atoms with van der Waals surface area (Å²) >= 11 is 1.90. The van der Waals surface area contributed by atoms with Crippen molar-refractivity contribution in [2.75, 3.05) is 7.05 Å². The topological polar surface area (TPSA) is 12.0 Å². The van der Waals surface area contributed by atoms with Crippen LogP contribution in [0, 0.1) is 12.3 Å². The van der Waals surface area contributed by atoms with Crippen molar-refractivity contribution >= 4 is 11.3 Å². The summed E-state index contributed by atoms with van der Waals surface area (Å²) in [6.45, 7) is 0. The van der Waals surface area contributed by atoms with Crippen LogP contribution in [0.25, 0.3) is 0 Å². The van der Waals surface area contributed by atoms with Crippen molar-refractivity contribution in [3.05, 3.63) is 21.9 Å². The predicted molar refractivity (Wildman–Crippen MR) is 66.3 cm³/mol. The number of hydrogen-bond acceptors (Lipinski definition) is 2. The Labute approximate surface area is 95.9 Å². The zero-order valence-electron chi connectivity index (χ0n) is 9.12. The molecule has 2 rings (SSSR count). The number of thiophene rings is 1. The Hall–Kier alpha value is -0.780. The molecule has 0 aliphatic heterocycles. The van der Waals surface area contributed by atoms with Crippen LogP contribution in [0.5, 0.6) is 0 Å². The molecule has 2 unspecified atom stereocenters. The quantitative estimate of drug-likeness (QED) is 0.771. The van der Waals surface area contributed by atoms with E-state index in [4.69, 9.17) is 6.42 Å². The summed E-state index contributed by atoms with van der Waals surface area (Å²) in [6.07, 6.45) is 10.1. The highest BCUT2D eigenvalue weighted by molar-refractivity contribution is 7.10. The molecule has 0 fully saturated rings. The second-order valence-electron chi connectivity index (χ2n) is 4.10. The number of nitrogens with one attached hydrogen (secondary N) is 1. The lowest BCUT2D eigenvalue weighted by Crippen LogP contribution is -2.33. The zero-order valence-corrected chi connectivity index (χ0v) is 9.94. The third-order valence-corrected chi connectivity index (χ3v) is 4.29. The molecule has 2 atom stereocenters. The van der Waals surface area contributed by atoms with Gasteiger partial charge in [0, 0.05) is 23.3 Å². The molecular weight excluding hydrogens is 202 g/mol.